The highest BCUT2D eigenvalue weighted by Gasteiger charge is 2.27. The summed E-state index contributed by atoms with van der Waals surface area (Å²) in [5.41, 5.74) is 5.08. The van der Waals surface area contributed by atoms with E-state index in [1.807, 2.05) is 6.92 Å². The maximum Gasteiger partial charge on any atom is 0.317 e. The van der Waals surface area contributed by atoms with Gasteiger partial charge in [-0.25, -0.2) is 4.79 Å². The Morgan fingerprint density at radius 3 is 3.00 bits per heavy atom. The lowest BCUT2D eigenvalue weighted by atomic mass is 10.1. The molecule has 0 saturated carbocycles. The molecule has 1 aliphatic heterocycles. The number of hydrogen-bond donors (Lipinski definition) is 2. The Kier molecular flexibility index (Phi) is 3.33. The Balaban J connectivity index is 2.55. The van der Waals surface area contributed by atoms with Crippen LogP contribution >= 0.6 is 0 Å². The van der Waals surface area contributed by atoms with Gasteiger partial charge in [0.25, 0.3) is 0 Å². The number of carbonyl (C=O) groups is 2. The third kappa shape index (κ3) is 2.61. The number of primary amides is 1. The Hall–Kier alpha value is -1.26. The summed E-state index contributed by atoms with van der Waals surface area (Å²) in [6, 6.07) is -0.216. The smallest absolute Gasteiger partial charge is 0.317 e. The fourth-order valence-electron chi connectivity index (χ4n) is 1.63. The fraction of sp³-hybridized carbons (Fsp3) is 0.778. The van der Waals surface area contributed by atoms with Crippen molar-refractivity contribution in [1.29, 1.82) is 0 Å². The zero-order valence-electron chi connectivity index (χ0n) is 8.62. The molecule has 1 saturated heterocycles. The van der Waals surface area contributed by atoms with Crippen molar-refractivity contribution in [2.45, 2.75) is 26.3 Å². The number of hydrogen-bond acceptors (Lipinski definition) is 2. The number of nitrogens with zero attached hydrogens (tertiary/aromatic N) is 1. The van der Waals surface area contributed by atoms with Crippen LogP contribution in [0.25, 0.3) is 0 Å². The third-order valence-corrected chi connectivity index (χ3v) is 2.40. The lowest BCUT2D eigenvalue weighted by Crippen LogP contribution is -2.54. The average Bonchev–Trinajstić information content (AvgIpc) is 2.08. The highest BCUT2D eigenvalue weighted by atomic mass is 16.2. The Morgan fingerprint density at radius 2 is 2.43 bits per heavy atom. The molecule has 0 aliphatic carbocycles. The summed E-state index contributed by atoms with van der Waals surface area (Å²) in [5, 5.41) is 2.77. The Labute approximate surface area is 83.6 Å². The summed E-state index contributed by atoms with van der Waals surface area (Å²) in [7, 11) is 0. The molecule has 0 spiro atoms. The highest BCUT2D eigenvalue weighted by Crippen LogP contribution is 2.11. The van der Waals surface area contributed by atoms with Crippen molar-refractivity contribution < 1.29 is 9.59 Å². The Bertz CT molecular complexity index is 242. The van der Waals surface area contributed by atoms with Gasteiger partial charge in [-0.05, 0) is 12.8 Å². The van der Waals surface area contributed by atoms with Crippen molar-refractivity contribution in [3.63, 3.8) is 0 Å². The largest absolute Gasteiger partial charge is 0.370 e. The molecular formula is C9H17N3O2. The van der Waals surface area contributed by atoms with Crippen LogP contribution in [-0.2, 0) is 4.79 Å². The first-order valence-electron chi connectivity index (χ1n) is 4.83. The van der Waals surface area contributed by atoms with Crippen LogP contribution in [0.1, 0.15) is 20.3 Å². The van der Waals surface area contributed by atoms with Gasteiger partial charge >= 0.3 is 6.03 Å². The topological polar surface area (TPSA) is 75.4 Å². The molecule has 2 unspecified atom stereocenters. The van der Waals surface area contributed by atoms with E-state index < -0.39 is 0 Å². The van der Waals surface area contributed by atoms with Crippen LogP contribution in [0.2, 0.25) is 0 Å². The fourth-order valence-corrected chi connectivity index (χ4v) is 1.63. The van der Waals surface area contributed by atoms with E-state index in [0.29, 0.717) is 19.0 Å². The Morgan fingerprint density at radius 1 is 1.79 bits per heavy atom. The second kappa shape index (κ2) is 4.30. The first-order chi connectivity index (χ1) is 6.50. The molecule has 14 heavy (non-hydrogen) atoms. The van der Waals surface area contributed by atoms with E-state index in [0.717, 1.165) is 0 Å². The van der Waals surface area contributed by atoms with E-state index in [1.54, 1.807) is 4.90 Å². The zero-order valence-corrected chi connectivity index (χ0v) is 8.62. The number of nitrogens with two attached hydrogens (primary N) is 1. The van der Waals surface area contributed by atoms with E-state index in [1.165, 1.54) is 0 Å². The number of rotatable bonds is 3. The molecule has 5 heteroatoms. The molecule has 1 rings (SSSR count). The van der Waals surface area contributed by atoms with E-state index in [9.17, 15) is 9.59 Å². The first-order valence-corrected chi connectivity index (χ1v) is 4.83. The van der Waals surface area contributed by atoms with E-state index in [4.69, 9.17) is 5.73 Å². The third-order valence-electron chi connectivity index (χ3n) is 2.40. The van der Waals surface area contributed by atoms with Gasteiger partial charge < -0.3 is 16.0 Å². The molecule has 1 fully saturated rings. The number of amides is 3. The van der Waals surface area contributed by atoms with Gasteiger partial charge in [-0.3, -0.25) is 4.79 Å². The second-order valence-electron chi connectivity index (χ2n) is 3.96. The summed E-state index contributed by atoms with van der Waals surface area (Å²) in [5.74, 6) is 0.0477. The molecule has 1 heterocycles. The van der Waals surface area contributed by atoms with Crippen molar-refractivity contribution in [3.05, 3.63) is 0 Å². The van der Waals surface area contributed by atoms with Crippen molar-refractivity contribution >= 4 is 11.9 Å². The summed E-state index contributed by atoms with van der Waals surface area (Å²) < 4.78 is 0. The van der Waals surface area contributed by atoms with Crippen molar-refractivity contribution in [3.8, 4) is 0 Å². The minimum absolute atomic E-state index is 0.100. The van der Waals surface area contributed by atoms with Crippen LogP contribution in [0.5, 0.6) is 0 Å². The molecule has 2 atom stereocenters. The van der Waals surface area contributed by atoms with Gasteiger partial charge in [0.2, 0.25) is 5.91 Å². The highest BCUT2D eigenvalue weighted by molar-refractivity contribution is 5.78. The monoisotopic (exact) mass is 199 g/mol. The molecular weight excluding hydrogens is 182 g/mol. The molecule has 1 aliphatic rings. The van der Waals surface area contributed by atoms with Gasteiger partial charge in [-0.15, -0.1) is 0 Å². The van der Waals surface area contributed by atoms with E-state index in [2.05, 4.69) is 12.2 Å². The molecule has 5 nitrogen and oxygen atoms in total. The molecule has 0 aromatic heterocycles. The van der Waals surface area contributed by atoms with E-state index >= 15 is 0 Å². The minimum atomic E-state index is -0.372. The molecule has 80 valence electrons. The van der Waals surface area contributed by atoms with Crippen LogP contribution in [0.15, 0.2) is 0 Å². The average molecular weight is 199 g/mol. The number of carbonyl (C=O) groups excluding carboxylic acids is 2. The maximum absolute atomic E-state index is 11.4. The SMILES string of the molecule is CC1CNC(=O)N(C(C)CC(N)=O)C1. The van der Waals surface area contributed by atoms with Gasteiger partial charge in [0, 0.05) is 25.6 Å². The summed E-state index contributed by atoms with van der Waals surface area (Å²) >= 11 is 0. The first kappa shape index (κ1) is 10.8. The predicted molar refractivity (Wildman–Crippen MR) is 52.5 cm³/mol. The zero-order chi connectivity index (χ0) is 10.7. The van der Waals surface area contributed by atoms with Gasteiger partial charge in [0.15, 0.2) is 0 Å². The van der Waals surface area contributed by atoms with Gasteiger partial charge in [0.05, 0.1) is 0 Å². The van der Waals surface area contributed by atoms with Crippen LogP contribution in [0, 0.1) is 5.92 Å². The molecule has 0 bridgehead atoms. The normalized spacial score (nSPS) is 24.3. The quantitative estimate of drug-likeness (QED) is 0.666. The number of nitrogens with one attached hydrogen (secondary N) is 1. The molecule has 0 aromatic rings. The van der Waals surface area contributed by atoms with Crippen molar-refractivity contribution in [2.75, 3.05) is 13.1 Å². The van der Waals surface area contributed by atoms with Crippen molar-refractivity contribution in [1.82, 2.24) is 10.2 Å². The van der Waals surface area contributed by atoms with Crippen LogP contribution < -0.4 is 11.1 Å². The lowest BCUT2D eigenvalue weighted by molar-refractivity contribution is -0.118. The number of urea groups is 1. The van der Waals surface area contributed by atoms with Crippen LogP contribution in [0.4, 0.5) is 4.79 Å². The summed E-state index contributed by atoms with van der Waals surface area (Å²) in [4.78, 5) is 23.8. The maximum atomic E-state index is 11.4. The van der Waals surface area contributed by atoms with Gasteiger partial charge in [-0.2, -0.15) is 0 Å². The standard InChI is InChI=1S/C9H17N3O2/c1-6-4-11-9(14)12(5-6)7(2)3-8(10)13/h6-7H,3-5H2,1-2H3,(H2,10,13)(H,11,14). The van der Waals surface area contributed by atoms with Crippen LogP contribution in [0.3, 0.4) is 0 Å². The molecule has 3 N–H and O–H groups in total. The van der Waals surface area contributed by atoms with Gasteiger partial charge in [0.1, 0.15) is 0 Å². The van der Waals surface area contributed by atoms with E-state index in [-0.39, 0.29) is 24.4 Å². The van der Waals surface area contributed by atoms with Crippen molar-refractivity contribution in [2.24, 2.45) is 11.7 Å². The second-order valence-corrected chi connectivity index (χ2v) is 3.96. The molecule has 0 aromatic carbocycles. The minimum Gasteiger partial charge on any atom is -0.370 e. The lowest BCUT2D eigenvalue weighted by Gasteiger charge is -2.35. The summed E-state index contributed by atoms with van der Waals surface area (Å²) in [6.07, 6.45) is 0.222. The van der Waals surface area contributed by atoms with Crippen LogP contribution in [-0.4, -0.2) is 36.0 Å². The molecule has 0 radical (unpaired) electrons. The van der Waals surface area contributed by atoms with Gasteiger partial charge in [-0.1, -0.05) is 6.92 Å². The summed E-state index contributed by atoms with van der Waals surface area (Å²) in [6.45, 7) is 5.30. The molecule has 3 amide bonds. The predicted octanol–water partition coefficient (Wildman–Crippen LogP) is -0.0884.